The molecular weight excluding hydrogens is 176 g/mol. The normalized spacial score (nSPS) is 26.1. The van der Waals surface area contributed by atoms with Crippen LogP contribution in [0.25, 0.3) is 0 Å². The van der Waals surface area contributed by atoms with Gasteiger partial charge in [0.2, 0.25) is 0 Å². The Kier molecular flexibility index (Phi) is 4.11. The lowest BCUT2D eigenvalue weighted by molar-refractivity contribution is -0.133. The second-order valence-corrected chi connectivity index (χ2v) is 4.87. The molecule has 1 aliphatic rings. The third-order valence-electron chi connectivity index (χ3n) is 2.93. The number of hydrogen-bond donors (Lipinski definition) is 0. The molecule has 2 nitrogen and oxygen atoms in total. The van der Waals surface area contributed by atoms with Gasteiger partial charge in [0.05, 0.1) is 5.60 Å². The zero-order valence-corrected chi connectivity index (χ0v) is 9.64. The molecule has 1 fully saturated rings. The molecule has 0 radical (unpaired) electrons. The molecule has 1 heterocycles. The SMILES string of the molecule is CCCCC(=O)C1CCOC(C)(C)C1. The van der Waals surface area contributed by atoms with Gasteiger partial charge < -0.3 is 4.74 Å². The van der Waals surface area contributed by atoms with E-state index < -0.39 is 0 Å². The summed E-state index contributed by atoms with van der Waals surface area (Å²) >= 11 is 0. The molecule has 0 aromatic heterocycles. The van der Waals surface area contributed by atoms with Gasteiger partial charge in [-0.2, -0.15) is 0 Å². The summed E-state index contributed by atoms with van der Waals surface area (Å²) in [5.41, 5.74) is -0.0925. The first-order chi connectivity index (χ1) is 6.55. The Hall–Kier alpha value is -0.370. The summed E-state index contributed by atoms with van der Waals surface area (Å²) in [4.78, 5) is 11.8. The molecule has 0 aromatic rings. The summed E-state index contributed by atoms with van der Waals surface area (Å²) in [7, 11) is 0. The topological polar surface area (TPSA) is 26.3 Å². The van der Waals surface area contributed by atoms with Crippen LogP contribution < -0.4 is 0 Å². The molecule has 0 amide bonds. The van der Waals surface area contributed by atoms with Gasteiger partial charge in [0.1, 0.15) is 5.78 Å². The first-order valence-corrected chi connectivity index (χ1v) is 5.72. The summed E-state index contributed by atoms with van der Waals surface area (Å²) in [5, 5.41) is 0. The van der Waals surface area contributed by atoms with Crippen LogP contribution in [0.4, 0.5) is 0 Å². The molecule has 82 valence electrons. The van der Waals surface area contributed by atoms with Crippen molar-refractivity contribution >= 4 is 5.78 Å². The van der Waals surface area contributed by atoms with Crippen molar-refractivity contribution in [2.45, 2.75) is 58.5 Å². The first kappa shape index (κ1) is 11.7. The Labute approximate surface area is 87.0 Å². The van der Waals surface area contributed by atoms with E-state index >= 15 is 0 Å². The molecule has 1 saturated heterocycles. The van der Waals surface area contributed by atoms with Crippen LogP contribution >= 0.6 is 0 Å². The number of rotatable bonds is 4. The van der Waals surface area contributed by atoms with Crippen molar-refractivity contribution in [3.05, 3.63) is 0 Å². The van der Waals surface area contributed by atoms with Crippen LogP contribution in [0.1, 0.15) is 52.9 Å². The largest absolute Gasteiger partial charge is 0.376 e. The van der Waals surface area contributed by atoms with E-state index in [1.807, 2.05) is 0 Å². The van der Waals surface area contributed by atoms with Crippen LogP contribution in [0.5, 0.6) is 0 Å². The van der Waals surface area contributed by atoms with Gasteiger partial charge in [-0.05, 0) is 33.1 Å². The molecule has 1 aliphatic heterocycles. The van der Waals surface area contributed by atoms with E-state index in [0.29, 0.717) is 5.78 Å². The minimum absolute atomic E-state index is 0.0925. The summed E-state index contributed by atoms with van der Waals surface area (Å²) in [6.07, 6.45) is 4.73. The van der Waals surface area contributed by atoms with Crippen LogP contribution in [0.3, 0.4) is 0 Å². The quantitative estimate of drug-likeness (QED) is 0.694. The van der Waals surface area contributed by atoms with Gasteiger partial charge in [0.25, 0.3) is 0 Å². The molecule has 0 aromatic carbocycles. The maximum atomic E-state index is 11.8. The van der Waals surface area contributed by atoms with Crippen LogP contribution in [-0.2, 0) is 9.53 Å². The standard InChI is InChI=1S/C12H22O2/c1-4-5-6-11(13)10-7-8-14-12(2,3)9-10/h10H,4-9H2,1-3H3. The fraction of sp³-hybridized carbons (Fsp3) is 0.917. The molecule has 0 spiro atoms. The number of carbonyl (C=O) groups excluding carboxylic acids is 1. The van der Waals surface area contributed by atoms with Crippen LogP contribution in [0, 0.1) is 5.92 Å². The fourth-order valence-electron chi connectivity index (χ4n) is 2.06. The number of ketones is 1. The third kappa shape index (κ3) is 3.41. The maximum Gasteiger partial charge on any atom is 0.136 e. The van der Waals surface area contributed by atoms with Gasteiger partial charge in [0, 0.05) is 18.9 Å². The second-order valence-electron chi connectivity index (χ2n) is 4.87. The fourth-order valence-corrected chi connectivity index (χ4v) is 2.06. The summed E-state index contributed by atoms with van der Waals surface area (Å²) < 4.78 is 5.60. The highest BCUT2D eigenvalue weighted by atomic mass is 16.5. The van der Waals surface area contributed by atoms with E-state index in [2.05, 4.69) is 20.8 Å². The van der Waals surface area contributed by atoms with Gasteiger partial charge in [-0.3, -0.25) is 4.79 Å². The lowest BCUT2D eigenvalue weighted by Gasteiger charge is -2.34. The number of hydrogen-bond acceptors (Lipinski definition) is 2. The van der Waals surface area contributed by atoms with Gasteiger partial charge in [0.15, 0.2) is 0 Å². The van der Waals surface area contributed by atoms with Gasteiger partial charge in [-0.15, -0.1) is 0 Å². The Balaban J connectivity index is 2.40. The minimum atomic E-state index is -0.0925. The van der Waals surface area contributed by atoms with E-state index in [1.165, 1.54) is 0 Å². The van der Waals surface area contributed by atoms with Crippen molar-refractivity contribution in [1.29, 1.82) is 0 Å². The monoisotopic (exact) mass is 198 g/mol. The van der Waals surface area contributed by atoms with E-state index in [1.54, 1.807) is 0 Å². The molecule has 0 aliphatic carbocycles. The van der Waals surface area contributed by atoms with Crippen molar-refractivity contribution in [1.82, 2.24) is 0 Å². The Morgan fingerprint density at radius 3 is 2.79 bits per heavy atom. The molecule has 14 heavy (non-hydrogen) atoms. The average Bonchev–Trinajstić information content (AvgIpc) is 2.12. The van der Waals surface area contributed by atoms with Crippen molar-refractivity contribution in [2.24, 2.45) is 5.92 Å². The molecule has 1 rings (SSSR count). The van der Waals surface area contributed by atoms with E-state index in [-0.39, 0.29) is 11.5 Å². The Morgan fingerprint density at radius 1 is 1.50 bits per heavy atom. The van der Waals surface area contributed by atoms with Gasteiger partial charge in [-0.1, -0.05) is 13.3 Å². The van der Waals surface area contributed by atoms with Crippen LogP contribution in [0.15, 0.2) is 0 Å². The van der Waals surface area contributed by atoms with E-state index in [4.69, 9.17) is 4.74 Å². The maximum absolute atomic E-state index is 11.8. The third-order valence-corrected chi connectivity index (χ3v) is 2.93. The number of carbonyl (C=O) groups is 1. The van der Waals surface area contributed by atoms with Crippen molar-refractivity contribution < 1.29 is 9.53 Å². The highest BCUT2D eigenvalue weighted by Gasteiger charge is 2.32. The number of ether oxygens (including phenoxy) is 1. The van der Waals surface area contributed by atoms with Crippen molar-refractivity contribution in [3.8, 4) is 0 Å². The number of unbranched alkanes of at least 4 members (excludes halogenated alkanes) is 1. The second kappa shape index (κ2) is 4.92. The predicted molar refractivity (Wildman–Crippen MR) is 57.3 cm³/mol. The highest BCUT2D eigenvalue weighted by molar-refractivity contribution is 5.81. The van der Waals surface area contributed by atoms with Gasteiger partial charge in [-0.25, -0.2) is 0 Å². The summed E-state index contributed by atoms with van der Waals surface area (Å²) in [6, 6.07) is 0. The molecule has 1 unspecified atom stereocenters. The van der Waals surface area contributed by atoms with Crippen molar-refractivity contribution in [3.63, 3.8) is 0 Å². The van der Waals surface area contributed by atoms with E-state index in [9.17, 15) is 4.79 Å². The zero-order chi connectivity index (χ0) is 10.6. The molecule has 0 saturated carbocycles. The molecule has 2 heteroatoms. The zero-order valence-electron chi connectivity index (χ0n) is 9.64. The Morgan fingerprint density at radius 2 is 2.21 bits per heavy atom. The molecule has 0 bridgehead atoms. The summed E-state index contributed by atoms with van der Waals surface area (Å²) in [6.45, 7) is 7.02. The first-order valence-electron chi connectivity index (χ1n) is 5.72. The number of Topliss-reactive ketones (excluding diaryl/α,β-unsaturated/α-hetero) is 1. The lowest BCUT2D eigenvalue weighted by atomic mass is 9.84. The van der Waals surface area contributed by atoms with Crippen LogP contribution in [0.2, 0.25) is 0 Å². The average molecular weight is 198 g/mol. The predicted octanol–water partition coefficient (Wildman–Crippen LogP) is 2.95. The lowest BCUT2D eigenvalue weighted by Crippen LogP contribution is -2.37. The van der Waals surface area contributed by atoms with E-state index in [0.717, 1.165) is 38.7 Å². The summed E-state index contributed by atoms with van der Waals surface area (Å²) in [5.74, 6) is 0.702. The molecular formula is C12H22O2. The van der Waals surface area contributed by atoms with Crippen molar-refractivity contribution in [2.75, 3.05) is 6.61 Å². The van der Waals surface area contributed by atoms with Crippen LogP contribution in [-0.4, -0.2) is 18.0 Å². The molecule has 0 N–H and O–H groups in total. The van der Waals surface area contributed by atoms with Gasteiger partial charge >= 0.3 is 0 Å². The molecule has 1 atom stereocenters. The Bertz CT molecular complexity index is 196. The highest BCUT2D eigenvalue weighted by Crippen LogP contribution is 2.29. The minimum Gasteiger partial charge on any atom is -0.376 e. The smallest absolute Gasteiger partial charge is 0.136 e.